The number of amides is 4. The largest absolute Gasteiger partial charge is 0.480 e. The van der Waals surface area contributed by atoms with Crippen molar-refractivity contribution in [3.8, 4) is 0 Å². The van der Waals surface area contributed by atoms with Gasteiger partial charge in [-0.2, -0.15) is 11.8 Å². The van der Waals surface area contributed by atoms with Crippen molar-refractivity contribution < 1.29 is 29.1 Å². The molecule has 0 radical (unpaired) electrons. The van der Waals surface area contributed by atoms with Gasteiger partial charge in [-0.3, -0.25) is 19.2 Å². The van der Waals surface area contributed by atoms with Crippen LogP contribution in [0.3, 0.4) is 0 Å². The normalized spacial score (nSPS) is 13.9. The van der Waals surface area contributed by atoms with Crippen molar-refractivity contribution in [2.45, 2.75) is 56.3 Å². The molecule has 10 N–H and O–H groups in total. The second-order valence-corrected chi connectivity index (χ2v) is 12.0. The number of carboxylic acid groups (broad SMARTS) is 1. The lowest BCUT2D eigenvalue weighted by Gasteiger charge is -2.25. The van der Waals surface area contributed by atoms with E-state index < -0.39 is 53.8 Å². The van der Waals surface area contributed by atoms with Gasteiger partial charge in [0.2, 0.25) is 23.6 Å². The number of carbonyl (C=O) groups excluding carboxylic acids is 4. The van der Waals surface area contributed by atoms with E-state index in [0.717, 1.165) is 27.4 Å². The number of benzene rings is 2. The van der Waals surface area contributed by atoms with Crippen molar-refractivity contribution in [2.24, 2.45) is 11.5 Å². The Balaban J connectivity index is 1.55. The predicted octanol–water partition coefficient (Wildman–Crippen LogP) is 1.32. The number of nitrogens with one attached hydrogen (secondary N) is 5. The summed E-state index contributed by atoms with van der Waals surface area (Å²) >= 11 is 1.54. The van der Waals surface area contributed by atoms with Crippen molar-refractivity contribution in [2.75, 3.05) is 12.0 Å². The number of aromatic amines is 2. The molecule has 0 aliphatic carbocycles. The summed E-state index contributed by atoms with van der Waals surface area (Å²) < 4.78 is 0. The molecule has 4 rings (SSSR count). The van der Waals surface area contributed by atoms with Gasteiger partial charge in [0.25, 0.3) is 0 Å². The highest BCUT2D eigenvalue weighted by Gasteiger charge is 2.31. The van der Waals surface area contributed by atoms with Gasteiger partial charge in [-0.15, -0.1) is 0 Å². The van der Waals surface area contributed by atoms with Gasteiger partial charge in [0, 0.05) is 53.5 Å². The number of hydrogen-bond donors (Lipinski definition) is 8. The van der Waals surface area contributed by atoms with Crippen LogP contribution in [0.25, 0.3) is 21.8 Å². The maximum atomic E-state index is 13.8. The van der Waals surface area contributed by atoms with Crippen molar-refractivity contribution >= 4 is 63.2 Å². The summed E-state index contributed by atoms with van der Waals surface area (Å²) in [5.74, 6) is -3.38. The van der Waals surface area contributed by atoms with Crippen LogP contribution in [0.2, 0.25) is 0 Å². The number of primary amides is 1. The van der Waals surface area contributed by atoms with E-state index in [4.69, 9.17) is 11.5 Å². The average molecular weight is 650 g/mol. The highest BCUT2D eigenvalue weighted by Crippen LogP contribution is 2.21. The fourth-order valence-electron chi connectivity index (χ4n) is 5.20. The quantitative estimate of drug-likeness (QED) is 0.0830. The molecule has 0 saturated heterocycles. The summed E-state index contributed by atoms with van der Waals surface area (Å²) in [6.07, 6.45) is 5.31. The van der Waals surface area contributed by atoms with E-state index in [2.05, 4.69) is 25.9 Å². The van der Waals surface area contributed by atoms with Crippen molar-refractivity contribution in [1.29, 1.82) is 0 Å². The molecule has 0 spiro atoms. The average Bonchev–Trinajstić information content (AvgIpc) is 3.64. The van der Waals surface area contributed by atoms with Gasteiger partial charge in [-0.1, -0.05) is 36.4 Å². The van der Waals surface area contributed by atoms with Crippen LogP contribution in [0.4, 0.5) is 0 Å². The predicted molar refractivity (Wildman–Crippen MR) is 177 cm³/mol. The van der Waals surface area contributed by atoms with Crippen LogP contribution in [0.15, 0.2) is 60.9 Å². The number of para-hydroxylation sites is 2. The minimum Gasteiger partial charge on any atom is -0.480 e. The monoisotopic (exact) mass is 649 g/mol. The summed E-state index contributed by atoms with van der Waals surface area (Å²) in [6.45, 7) is 0. The number of aromatic nitrogens is 2. The van der Waals surface area contributed by atoms with E-state index in [-0.39, 0.29) is 25.7 Å². The lowest BCUT2D eigenvalue weighted by atomic mass is 10.0. The lowest BCUT2D eigenvalue weighted by Crippen LogP contribution is -2.58. The SMILES string of the molecule is CSCCC(N)C(=O)NC(Cc1c[nH]c2ccccc12)C(=O)NC(CCC(N)=O)C(=O)NC(Cc1c[nH]c2ccccc12)C(=O)O. The highest BCUT2D eigenvalue weighted by atomic mass is 32.2. The van der Waals surface area contributed by atoms with Crippen LogP contribution in [-0.2, 0) is 36.8 Å². The molecule has 46 heavy (non-hydrogen) atoms. The first-order chi connectivity index (χ1) is 22.1. The molecule has 2 heterocycles. The fourth-order valence-corrected chi connectivity index (χ4v) is 5.69. The molecule has 0 aliphatic heterocycles. The first-order valence-corrected chi connectivity index (χ1v) is 16.2. The number of H-pyrrole nitrogens is 2. The van der Waals surface area contributed by atoms with Crippen LogP contribution in [0.1, 0.15) is 30.4 Å². The number of rotatable bonds is 17. The topological polar surface area (TPSA) is 225 Å². The van der Waals surface area contributed by atoms with Crippen LogP contribution < -0.4 is 27.4 Å². The number of thioether (sulfide) groups is 1. The van der Waals surface area contributed by atoms with E-state index in [0.29, 0.717) is 17.7 Å². The zero-order valence-corrected chi connectivity index (χ0v) is 26.2. The van der Waals surface area contributed by atoms with Crippen LogP contribution in [0, 0.1) is 0 Å². The molecular weight excluding hydrogens is 610 g/mol. The first-order valence-electron chi connectivity index (χ1n) is 14.8. The third kappa shape index (κ3) is 8.88. The molecule has 4 amide bonds. The van der Waals surface area contributed by atoms with Gasteiger partial charge in [0.05, 0.1) is 6.04 Å². The van der Waals surface area contributed by atoms with Gasteiger partial charge in [-0.05, 0) is 48.1 Å². The van der Waals surface area contributed by atoms with E-state index in [1.165, 1.54) is 11.8 Å². The second-order valence-electron chi connectivity index (χ2n) is 11.0. The number of carbonyl (C=O) groups is 5. The summed E-state index contributed by atoms with van der Waals surface area (Å²) in [5.41, 5.74) is 14.5. The van der Waals surface area contributed by atoms with Crippen LogP contribution in [0.5, 0.6) is 0 Å². The summed E-state index contributed by atoms with van der Waals surface area (Å²) in [5, 5.41) is 19.5. The van der Waals surface area contributed by atoms with E-state index in [1.807, 2.05) is 54.8 Å². The Morgan fingerprint density at radius 3 is 1.80 bits per heavy atom. The third-order valence-corrected chi connectivity index (χ3v) is 8.37. The number of nitrogens with two attached hydrogens (primary N) is 2. The standard InChI is InChI=1S/C32H39N7O6S/c1-46-13-12-22(33)29(41)38-26(14-18-16-35-23-8-4-2-6-20(18)23)31(43)37-25(10-11-28(34)40)30(42)39-27(32(44)45)15-19-17-36-24-9-5-3-7-21(19)24/h2-9,16-17,22,25-27,35-36H,10-15,33H2,1H3,(H2,34,40)(H,37,43)(H,38,41)(H,39,42)(H,44,45). The molecule has 2 aromatic heterocycles. The molecule has 0 aliphatic rings. The molecular formula is C32H39N7O6S. The van der Waals surface area contributed by atoms with Gasteiger partial charge < -0.3 is 42.5 Å². The van der Waals surface area contributed by atoms with Gasteiger partial charge in [0.1, 0.15) is 18.1 Å². The zero-order valence-electron chi connectivity index (χ0n) is 25.4. The van der Waals surface area contributed by atoms with Crippen LogP contribution >= 0.6 is 11.8 Å². The van der Waals surface area contributed by atoms with Gasteiger partial charge in [0.15, 0.2) is 0 Å². The van der Waals surface area contributed by atoms with E-state index in [9.17, 15) is 29.1 Å². The van der Waals surface area contributed by atoms with Crippen molar-refractivity contribution in [3.05, 3.63) is 72.1 Å². The molecule has 244 valence electrons. The fraction of sp³-hybridized carbons (Fsp3) is 0.344. The maximum absolute atomic E-state index is 13.8. The summed E-state index contributed by atoms with van der Waals surface area (Å²) in [6, 6.07) is 10.2. The minimum atomic E-state index is -1.34. The molecule has 4 atom stereocenters. The number of hydrogen-bond acceptors (Lipinski definition) is 7. The lowest BCUT2D eigenvalue weighted by molar-refractivity contribution is -0.142. The number of aliphatic carboxylic acids is 1. The Kier molecular flexibility index (Phi) is 11.8. The van der Waals surface area contributed by atoms with Gasteiger partial charge in [-0.25, -0.2) is 4.79 Å². The molecule has 0 fully saturated rings. The molecule has 14 heteroatoms. The van der Waals surface area contributed by atoms with Crippen molar-refractivity contribution in [1.82, 2.24) is 25.9 Å². The Hall–Kier alpha value is -4.82. The Bertz CT molecular complexity index is 1700. The highest BCUT2D eigenvalue weighted by molar-refractivity contribution is 7.98. The molecule has 0 saturated carbocycles. The number of fused-ring (bicyclic) bond motifs is 2. The molecule has 0 bridgehead atoms. The summed E-state index contributed by atoms with van der Waals surface area (Å²) in [7, 11) is 0. The summed E-state index contributed by atoms with van der Waals surface area (Å²) in [4.78, 5) is 70.4. The van der Waals surface area contributed by atoms with Gasteiger partial charge >= 0.3 is 5.97 Å². The molecule has 13 nitrogen and oxygen atoms in total. The minimum absolute atomic E-state index is 0.0330. The third-order valence-electron chi connectivity index (χ3n) is 7.73. The van der Waals surface area contributed by atoms with Crippen molar-refractivity contribution in [3.63, 3.8) is 0 Å². The Labute approximate surface area is 269 Å². The maximum Gasteiger partial charge on any atom is 0.326 e. The molecule has 4 aromatic rings. The molecule has 4 unspecified atom stereocenters. The van der Waals surface area contributed by atoms with Crippen LogP contribution in [-0.4, -0.2) is 80.8 Å². The van der Waals surface area contributed by atoms with E-state index >= 15 is 0 Å². The second kappa shape index (κ2) is 16.0. The van der Waals surface area contributed by atoms with E-state index in [1.54, 1.807) is 12.4 Å². The number of carboxylic acids is 1. The molecule has 2 aromatic carbocycles. The zero-order chi connectivity index (χ0) is 33.2. The first kappa shape index (κ1) is 34.1. The Morgan fingerprint density at radius 1 is 0.761 bits per heavy atom. The smallest absolute Gasteiger partial charge is 0.326 e. The Morgan fingerprint density at radius 2 is 1.26 bits per heavy atom.